The molecule has 0 aromatic heterocycles. The SMILES string of the molecule is CC[C@@H](C)NC(=O)[C@H](CC)N(Cc1cccc(OC)c1)C(=O)CSCc1cccc(Cl)c1. The fraction of sp³-hybridized carbons (Fsp3) is 0.440. The molecule has 7 heteroatoms. The monoisotopic (exact) mass is 476 g/mol. The number of amides is 2. The summed E-state index contributed by atoms with van der Waals surface area (Å²) in [4.78, 5) is 28.0. The smallest absolute Gasteiger partial charge is 0.243 e. The third kappa shape index (κ3) is 8.06. The van der Waals surface area contributed by atoms with Crippen molar-refractivity contribution in [2.24, 2.45) is 0 Å². The topological polar surface area (TPSA) is 58.6 Å². The second-order valence-corrected chi connectivity index (χ2v) is 9.16. The van der Waals surface area contributed by atoms with Gasteiger partial charge in [0.05, 0.1) is 12.9 Å². The van der Waals surface area contributed by atoms with Gasteiger partial charge in [0.25, 0.3) is 0 Å². The molecule has 0 saturated heterocycles. The summed E-state index contributed by atoms with van der Waals surface area (Å²) in [7, 11) is 1.61. The highest BCUT2D eigenvalue weighted by molar-refractivity contribution is 7.99. The molecule has 2 atom stereocenters. The summed E-state index contributed by atoms with van der Waals surface area (Å²) in [6.07, 6.45) is 1.37. The summed E-state index contributed by atoms with van der Waals surface area (Å²) in [5.41, 5.74) is 1.99. The maximum Gasteiger partial charge on any atom is 0.243 e. The van der Waals surface area contributed by atoms with Crippen LogP contribution in [0, 0.1) is 0 Å². The number of carbonyl (C=O) groups excluding carboxylic acids is 2. The third-order valence-corrected chi connectivity index (χ3v) is 6.48. The summed E-state index contributed by atoms with van der Waals surface area (Å²) >= 11 is 7.58. The Bertz CT molecular complexity index is 893. The Morgan fingerprint density at radius 1 is 1.09 bits per heavy atom. The zero-order valence-electron chi connectivity index (χ0n) is 19.3. The molecular formula is C25H33ClN2O3S. The molecule has 0 saturated carbocycles. The number of hydrogen-bond acceptors (Lipinski definition) is 4. The van der Waals surface area contributed by atoms with Gasteiger partial charge in [0.1, 0.15) is 11.8 Å². The predicted octanol–water partition coefficient (Wildman–Crippen LogP) is 5.30. The van der Waals surface area contributed by atoms with Crippen molar-refractivity contribution in [3.05, 3.63) is 64.7 Å². The van der Waals surface area contributed by atoms with Crippen LogP contribution in [0.15, 0.2) is 48.5 Å². The van der Waals surface area contributed by atoms with Gasteiger partial charge in [-0.1, -0.05) is 49.7 Å². The van der Waals surface area contributed by atoms with Crippen molar-refractivity contribution in [1.29, 1.82) is 0 Å². The molecule has 0 radical (unpaired) electrons. The number of thioether (sulfide) groups is 1. The molecule has 2 aromatic carbocycles. The molecule has 0 bridgehead atoms. The van der Waals surface area contributed by atoms with Crippen molar-refractivity contribution >= 4 is 35.2 Å². The van der Waals surface area contributed by atoms with E-state index < -0.39 is 6.04 Å². The van der Waals surface area contributed by atoms with Crippen LogP contribution in [0.5, 0.6) is 5.75 Å². The standard InChI is InChI=1S/C25H33ClN2O3S/c1-5-18(3)27-25(30)23(6-2)28(15-19-9-8-12-22(14-19)31-4)24(29)17-32-16-20-10-7-11-21(26)13-20/h7-14,18,23H,5-6,15-17H2,1-4H3,(H,27,30)/t18-,23+/m1/s1. The predicted molar refractivity (Wildman–Crippen MR) is 133 cm³/mol. The molecule has 2 rings (SSSR count). The highest BCUT2D eigenvalue weighted by Crippen LogP contribution is 2.21. The van der Waals surface area contributed by atoms with E-state index in [0.717, 1.165) is 23.3 Å². The molecule has 32 heavy (non-hydrogen) atoms. The number of benzene rings is 2. The quantitative estimate of drug-likeness (QED) is 0.451. The Morgan fingerprint density at radius 3 is 2.47 bits per heavy atom. The molecule has 2 aromatic rings. The second kappa shape index (κ2) is 13.4. The Morgan fingerprint density at radius 2 is 1.81 bits per heavy atom. The van der Waals surface area contributed by atoms with Gasteiger partial charge in [-0.15, -0.1) is 11.8 Å². The molecular weight excluding hydrogens is 444 g/mol. The molecule has 0 unspecified atom stereocenters. The van der Waals surface area contributed by atoms with Crippen LogP contribution >= 0.6 is 23.4 Å². The van der Waals surface area contributed by atoms with Gasteiger partial charge < -0.3 is 15.0 Å². The summed E-state index contributed by atoms with van der Waals surface area (Å²) in [6.45, 7) is 6.28. The van der Waals surface area contributed by atoms with Crippen LogP contribution in [0.1, 0.15) is 44.7 Å². The first-order chi connectivity index (χ1) is 15.4. The number of methoxy groups -OCH3 is 1. The molecule has 5 nitrogen and oxygen atoms in total. The molecule has 174 valence electrons. The lowest BCUT2D eigenvalue weighted by Crippen LogP contribution is -2.51. The van der Waals surface area contributed by atoms with E-state index in [1.165, 1.54) is 11.8 Å². The zero-order valence-corrected chi connectivity index (χ0v) is 20.8. The number of rotatable bonds is 12. The zero-order chi connectivity index (χ0) is 23.5. The number of carbonyl (C=O) groups is 2. The van der Waals surface area contributed by atoms with Gasteiger partial charge >= 0.3 is 0 Å². The van der Waals surface area contributed by atoms with Crippen LogP contribution in [0.2, 0.25) is 5.02 Å². The molecule has 0 aliphatic rings. The Balaban J connectivity index is 2.16. The Hall–Kier alpha value is -2.18. The van der Waals surface area contributed by atoms with Crippen molar-refractivity contribution < 1.29 is 14.3 Å². The first-order valence-corrected chi connectivity index (χ1v) is 12.5. The van der Waals surface area contributed by atoms with E-state index in [1.54, 1.807) is 12.0 Å². The van der Waals surface area contributed by atoms with E-state index in [0.29, 0.717) is 23.7 Å². The maximum absolute atomic E-state index is 13.3. The second-order valence-electron chi connectivity index (χ2n) is 7.74. The van der Waals surface area contributed by atoms with Gasteiger partial charge in [-0.05, 0) is 55.2 Å². The van der Waals surface area contributed by atoms with Crippen molar-refractivity contribution in [1.82, 2.24) is 10.2 Å². The Kier molecular flexibility index (Phi) is 10.9. The highest BCUT2D eigenvalue weighted by Gasteiger charge is 2.29. The van der Waals surface area contributed by atoms with Crippen LogP contribution in [-0.2, 0) is 21.9 Å². The van der Waals surface area contributed by atoms with E-state index in [9.17, 15) is 9.59 Å². The van der Waals surface area contributed by atoms with E-state index in [2.05, 4.69) is 5.32 Å². The molecule has 2 amide bonds. The van der Waals surface area contributed by atoms with Gasteiger partial charge in [-0.25, -0.2) is 0 Å². The molecule has 0 heterocycles. The first kappa shape index (κ1) is 26.1. The molecule has 0 fully saturated rings. The molecule has 1 N–H and O–H groups in total. The average molecular weight is 477 g/mol. The minimum atomic E-state index is -0.533. The number of halogens is 1. The van der Waals surface area contributed by atoms with E-state index in [4.69, 9.17) is 16.3 Å². The van der Waals surface area contributed by atoms with Crippen molar-refractivity contribution in [3.63, 3.8) is 0 Å². The van der Waals surface area contributed by atoms with Gasteiger partial charge in [0.2, 0.25) is 11.8 Å². The van der Waals surface area contributed by atoms with Crippen molar-refractivity contribution in [2.75, 3.05) is 12.9 Å². The minimum Gasteiger partial charge on any atom is -0.497 e. The normalized spacial score (nSPS) is 12.7. The third-order valence-electron chi connectivity index (χ3n) is 5.26. The summed E-state index contributed by atoms with van der Waals surface area (Å²) in [5, 5.41) is 3.72. The summed E-state index contributed by atoms with van der Waals surface area (Å²) < 4.78 is 5.32. The van der Waals surface area contributed by atoms with Crippen molar-refractivity contribution in [2.45, 2.75) is 58.0 Å². The molecule has 0 aliphatic carbocycles. The van der Waals surface area contributed by atoms with Crippen LogP contribution in [0.3, 0.4) is 0 Å². The van der Waals surface area contributed by atoms with E-state index >= 15 is 0 Å². The van der Waals surface area contributed by atoms with E-state index in [1.807, 2.05) is 69.3 Å². The van der Waals surface area contributed by atoms with E-state index in [-0.39, 0.29) is 23.6 Å². The maximum atomic E-state index is 13.3. The number of nitrogens with zero attached hydrogens (tertiary/aromatic N) is 1. The van der Waals surface area contributed by atoms with Gasteiger partial charge in [-0.2, -0.15) is 0 Å². The molecule has 0 spiro atoms. The molecule has 0 aliphatic heterocycles. The van der Waals surface area contributed by atoms with Crippen LogP contribution in [0.4, 0.5) is 0 Å². The number of ether oxygens (including phenoxy) is 1. The average Bonchev–Trinajstić information content (AvgIpc) is 2.78. The van der Waals surface area contributed by atoms with Crippen LogP contribution in [0.25, 0.3) is 0 Å². The lowest BCUT2D eigenvalue weighted by Gasteiger charge is -2.31. The lowest BCUT2D eigenvalue weighted by molar-refractivity contribution is -0.139. The Labute approximate surface area is 200 Å². The minimum absolute atomic E-state index is 0.0579. The van der Waals surface area contributed by atoms with Crippen LogP contribution in [-0.4, -0.2) is 41.7 Å². The van der Waals surface area contributed by atoms with Crippen molar-refractivity contribution in [3.8, 4) is 5.75 Å². The lowest BCUT2D eigenvalue weighted by atomic mass is 10.1. The number of nitrogens with one attached hydrogen (secondary N) is 1. The number of hydrogen-bond donors (Lipinski definition) is 1. The fourth-order valence-electron chi connectivity index (χ4n) is 3.29. The van der Waals surface area contributed by atoms with Gasteiger partial charge in [0, 0.05) is 23.4 Å². The first-order valence-electron chi connectivity index (χ1n) is 10.9. The van der Waals surface area contributed by atoms with Crippen LogP contribution < -0.4 is 10.1 Å². The highest BCUT2D eigenvalue weighted by atomic mass is 35.5. The van der Waals surface area contributed by atoms with Gasteiger partial charge in [0.15, 0.2) is 0 Å². The van der Waals surface area contributed by atoms with Gasteiger partial charge in [-0.3, -0.25) is 9.59 Å². The summed E-state index contributed by atoms with van der Waals surface area (Å²) in [5.74, 6) is 1.50. The summed E-state index contributed by atoms with van der Waals surface area (Å²) in [6, 6.07) is 14.8. The fourth-order valence-corrected chi connectivity index (χ4v) is 4.36. The largest absolute Gasteiger partial charge is 0.497 e.